The second-order valence-electron chi connectivity index (χ2n) is 6.29. The van der Waals surface area contributed by atoms with Crippen molar-refractivity contribution >= 4 is 16.6 Å². The largest absolute Gasteiger partial charge is 0.304 e. The summed E-state index contributed by atoms with van der Waals surface area (Å²) < 4.78 is 0. The van der Waals surface area contributed by atoms with Crippen LogP contribution in [0, 0.1) is 6.92 Å². The van der Waals surface area contributed by atoms with E-state index in [9.17, 15) is 4.79 Å². The van der Waals surface area contributed by atoms with Gasteiger partial charge in [0.2, 0.25) is 0 Å². The number of nitrogens with zero attached hydrogens (tertiary/aromatic N) is 2. The van der Waals surface area contributed by atoms with Crippen LogP contribution < -0.4 is 0 Å². The van der Waals surface area contributed by atoms with Crippen molar-refractivity contribution in [2.45, 2.75) is 13.3 Å². The highest BCUT2D eigenvalue weighted by molar-refractivity contribution is 6.08. The molecule has 0 atom stereocenters. The van der Waals surface area contributed by atoms with Gasteiger partial charge in [-0.15, -0.1) is 0 Å². The molecule has 1 aliphatic rings. The molecule has 0 aliphatic carbocycles. The van der Waals surface area contributed by atoms with Crippen LogP contribution in [0.2, 0.25) is 0 Å². The average Bonchev–Trinajstić information content (AvgIpc) is 2.55. The van der Waals surface area contributed by atoms with Crippen LogP contribution in [-0.4, -0.2) is 55.4 Å². The highest BCUT2D eigenvalue weighted by Gasteiger charge is 2.16. The molecule has 3 nitrogen and oxygen atoms in total. The normalized spacial score (nSPS) is 17.0. The fourth-order valence-electron chi connectivity index (χ4n) is 3.16. The molecule has 0 radical (unpaired) electrons. The van der Waals surface area contributed by atoms with E-state index in [1.54, 1.807) is 0 Å². The molecule has 0 unspecified atom stereocenters. The molecular formula is C19H24N2O. The molecule has 0 bridgehead atoms. The zero-order chi connectivity index (χ0) is 15.5. The molecule has 0 N–H and O–H groups in total. The van der Waals surface area contributed by atoms with Crippen LogP contribution in [-0.2, 0) is 0 Å². The number of benzene rings is 2. The molecule has 0 saturated carbocycles. The van der Waals surface area contributed by atoms with Crippen molar-refractivity contribution in [3.8, 4) is 0 Å². The predicted octanol–water partition coefficient (Wildman–Crippen LogP) is 2.97. The van der Waals surface area contributed by atoms with Gasteiger partial charge in [-0.25, -0.2) is 0 Å². The van der Waals surface area contributed by atoms with Crippen LogP contribution in [0.4, 0.5) is 0 Å². The third-order valence-electron chi connectivity index (χ3n) is 4.69. The Labute approximate surface area is 132 Å². The highest BCUT2D eigenvalue weighted by Crippen LogP contribution is 2.23. The predicted molar refractivity (Wildman–Crippen MR) is 91.6 cm³/mol. The van der Waals surface area contributed by atoms with Gasteiger partial charge in [-0.1, -0.05) is 36.4 Å². The molecule has 1 heterocycles. The topological polar surface area (TPSA) is 23.6 Å². The second kappa shape index (κ2) is 6.59. The van der Waals surface area contributed by atoms with Crippen LogP contribution in [0.25, 0.3) is 10.8 Å². The molecule has 22 heavy (non-hydrogen) atoms. The Kier molecular flexibility index (Phi) is 4.55. The summed E-state index contributed by atoms with van der Waals surface area (Å²) in [6.07, 6.45) is 0.608. The van der Waals surface area contributed by atoms with Gasteiger partial charge in [0.25, 0.3) is 0 Å². The first-order valence-corrected chi connectivity index (χ1v) is 8.07. The number of likely N-dealkylation sites (N-methyl/N-ethyl adjacent to an activating group) is 1. The average molecular weight is 296 g/mol. The van der Waals surface area contributed by atoms with Crippen molar-refractivity contribution in [2.75, 3.05) is 39.8 Å². The summed E-state index contributed by atoms with van der Waals surface area (Å²) in [6.45, 7) is 7.30. The van der Waals surface area contributed by atoms with Gasteiger partial charge in [-0.05, 0) is 30.3 Å². The van der Waals surface area contributed by atoms with Crippen molar-refractivity contribution in [2.24, 2.45) is 0 Å². The smallest absolute Gasteiger partial charge is 0.164 e. The molecule has 3 heteroatoms. The van der Waals surface area contributed by atoms with Gasteiger partial charge in [0.15, 0.2) is 5.78 Å². The summed E-state index contributed by atoms with van der Waals surface area (Å²) in [7, 11) is 2.15. The molecule has 1 aliphatic heterocycles. The first-order valence-electron chi connectivity index (χ1n) is 8.07. The first kappa shape index (κ1) is 15.2. The SMILES string of the molecule is Cc1ccc(C(=O)CCN2CCN(C)CC2)c2ccccc12. The van der Waals surface area contributed by atoms with E-state index in [0.29, 0.717) is 6.42 Å². The minimum Gasteiger partial charge on any atom is -0.304 e. The number of ketones is 1. The zero-order valence-corrected chi connectivity index (χ0v) is 13.5. The minimum absolute atomic E-state index is 0.259. The maximum Gasteiger partial charge on any atom is 0.164 e. The standard InChI is InChI=1S/C19H24N2O/c1-15-7-8-18(17-6-4-3-5-16(15)17)19(22)9-10-21-13-11-20(2)12-14-21/h3-8H,9-14H2,1-2H3. The van der Waals surface area contributed by atoms with E-state index < -0.39 is 0 Å². The number of hydrogen-bond donors (Lipinski definition) is 0. The van der Waals surface area contributed by atoms with E-state index in [2.05, 4.69) is 42.0 Å². The van der Waals surface area contributed by atoms with E-state index in [0.717, 1.165) is 43.7 Å². The van der Waals surface area contributed by atoms with E-state index in [-0.39, 0.29) is 5.78 Å². The third kappa shape index (κ3) is 3.21. The van der Waals surface area contributed by atoms with Gasteiger partial charge < -0.3 is 9.80 Å². The maximum absolute atomic E-state index is 12.6. The maximum atomic E-state index is 12.6. The van der Waals surface area contributed by atoms with Crippen molar-refractivity contribution in [3.63, 3.8) is 0 Å². The summed E-state index contributed by atoms with van der Waals surface area (Å²) in [4.78, 5) is 17.4. The molecule has 0 spiro atoms. The Balaban J connectivity index is 1.71. The molecular weight excluding hydrogens is 272 g/mol. The van der Waals surface area contributed by atoms with Crippen LogP contribution >= 0.6 is 0 Å². The highest BCUT2D eigenvalue weighted by atomic mass is 16.1. The first-order chi connectivity index (χ1) is 10.6. The second-order valence-corrected chi connectivity index (χ2v) is 6.29. The molecule has 1 saturated heterocycles. The lowest BCUT2D eigenvalue weighted by molar-refractivity contribution is 0.0943. The van der Waals surface area contributed by atoms with Gasteiger partial charge in [0.1, 0.15) is 0 Å². The number of carbonyl (C=O) groups excluding carboxylic acids is 1. The fourth-order valence-corrected chi connectivity index (χ4v) is 3.16. The zero-order valence-electron chi connectivity index (χ0n) is 13.5. The summed E-state index contributed by atoms with van der Waals surface area (Å²) in [5, 5.41) is 2.28. The molecule has 2 aromatic rings. The number of aryl methyl sites for hydroxylation is 1. The molecule has 116 valence electrons. The van der Waals surface area contributed by atoms with E-state index in [1.807, 2.05) is 18.2 Å². The third-order valence-corrected chi connectivity index (χ3v) is 4.69. The van der Waals surface area contributed by atoms with Crippen molar-refractivity contribution < 1.29 is 4.79 Å². The van der Waals surface area contributed by atoms with Crippen LogP contribution in [0.5, 0.6) is 0 Å². The minimum atomic E-state index is 0.259. The molecule has 0 amide bonds. The van der Waals surface area contributed by atoms with E-state index >= 15 is 0 Å². The Morgan fingerprint density at radius 1 is 1.00 bits per heavy atom. The lowest BCUT2D eigenvalue weighted by Crippen LogP contribution is -2.45. The molecule has 2 aromatic carbocycles. The van der Waals surface area contributed by atoms with Crippen molar-refractivity contribution in [1.29, 1.82) is 0 Å². The van der Waals surface area contributed by atoms with Crippen molar-refractivity contribution in [1.82, 2.24) is 9.80 Å². The number of rotatable bonds is 4. The summed E-state index contributed by atoms with van der Waals surface area (Å²) in [5.74, 6) is 0.259. The number of piperazine rings is 1. The summed E-state index contributed by atoms with van der Waals surface area (Å²) in [6, 6.07) is 12.3. The van der Waals surface area contributed by atoms with Gasteiger partial charge >= 0.3 is 0 Å². The number of hydrogen-bond acceptors (Lipinski definition) is 3. The number of carbonyl (C=O) groups is 1. The van der Waals surface area contributed by atoms with Gasteiger partial charge in [-0.3, -0.25) is 4.79 Å². The van der Waals surface area contributed by atoms with Crippen LogP contribution in [0.3, 0.4) is 0 Å². The Morgan fingerprint density at radius 2 is 1.68 bits per heavy atom. The fraction of sp³-hybridized carbons (Fsp3) is 0.421. The van der Waals surface area contributed by atoms with Gasteiger partial charge in [0, 0.05) is 44.7 Å². The molecule has 3 rings (SSSR count). The van der Waals surface area contributed by atoms with Crippen LogP contribution in [0.15, 0.2) is 36.4 Å². The van der Waals surface area contributed by atoms with Crippen molar-refractivity contribution in [3.05, 3.63) is 47.5 Å². The summed E-state index contributed by atoms with van der Waals surface area (Å²) >= 11 is 0. The quantitative estimate of drug-likeness (QED) is 0.810. The Hall–Kier alpha value is -1.71. The van der Waals surface area contributed by atoms with Crippen LogP contribution in [0.1, 0.15) is 22.3 Å². The van der Waals surface area contributed by atoms with Gasteiger partial charge in [-0.2, -0.15) is 0 Å². The summed E-state index contributed by atoms with van der Waals surface area (Å²) in [5.41, 5.74) is 2.10. The number of fused-ring (bicyclic) bond motifs is 1. The molecule has 1 fully saturated rings. The monoisotopic (exact) mass is 296 g/mol. The molecule has 0 aromatic heterocycles. The number of Topliss-reactive ketones (excluding diaryl/α,β-unsaturated/α-hetero) is 1. The lowest BCUT2D eigenvalue weighted by Gasteiger charge is -2.32. The van der Waals surface area contributed by atoms with E-state index in [4.69, 9.17) is 0 Å². The Bertz CT molecular complexity index is 672. The lowest BCUT2D eigenvalue weighted by atomic mass is 9.96. The van der Waals surface area contributed by atoms with E-state index in [1.165, 1.54) is 10.9 Å². The Morgan fingerprint density at radius 3 is 2.41 bits per heavy atom. The van der Waals surface area contributed by atoms with Gasteiger partial charge in [0.05, 0.1) is 0 Å².